The van der Waals surface area contributed by atoms with Gasteiger partial charge in [-0.05, 0) is 31.5 Å². The SMILES string of the molecule is COc1ccc(C)cc1[C@]1(C(=O)O)C[C@@H]1c1cccc(Cl)n1. The summed E-state index contributed by atoms with van der Waals surface area (Å²) in [5.74, 6) is -0.458. The van der Waals surface area contributed by atoms with E-state index in [4.69, 9.17) is 16.3 Å². The van der Waals surface area contributed by atoms with E-state index in [0.29, 0.717) is 28.6 Å². The molecule has 1 aromatic carbocycles. The van der Waals surface area contributed by atoms with Crippen molar-refractivity contribution in [2.75, 3.05) is 7.11 Å². The molecular formula is C17H16ClNO3. The Bertz CT molecular complexity index is 746. The number of benzene rings is 1. The molecule has 5 heteroatoms. The van der Waals surface area contributed by atoms with Crippen molar-refractivity contribution in [3.8, 4) is 5.75 Å². The lowest BCUT2D eigenvalue weighted by Crippen LogP contribution is -2.23. The van der Waals surface area contributed by atoms with Crippen molar-refractivity contribution >= 4 is 17.6 Å². The summed E-state index contributed by atoms with van der Waals surface area (Å²) in [5, 5.41) is 10.2. The Morgan fingerprint density at radius 3 is 2.82 bits per heavy atom. The van der Waals surface area contributed by atoms with Gasteiger partial charge in [-0.2, -0.15) is 0 Å². The van der Waals surface area contributed by atoms with Gasteiger partial charge >= 0.3 is 5.97 Å². The van der Waals surface area contributed by atoms with E-state index in [-0.39, 0.29) is 5.92 Å². The molecule has 0 bridgehead atoms. The number of pyridine rings is 1. The third-order valence-corrected chi connectivity index (χ3v) is 4.48. The lowest BCUT2D eigenvalue weighted by atomic mass is 9.90. The van der Waals surface area contributed by atoms with Crippen molar-refractivity contribution in [3.05, 3.63) is 58.4 Å². The van der Waals surface area contributed by atoms with Crippen LogP contribution in [-0.2, 0) is 10.2 Å². The molecule has 0 unspecified atom stereocenters. The van der Waals surface area contributed by atoms with Gasteiger partial charge in [-0.25, -0.2) is 4.98 Å². The lowest BCUT2D eigenvalue weighted by molar-refractivity contribution is -0.140. The highest BCUT2D eigenvalue weighted by atomic mass is 35.5. The van der Waals surface area contributed by atoms with Crippen molar-refractivity contribution < 1.29 is 14.6 Å². The molecule has 0 radical (unpaired) electrons. The van der Waals surface area contributed by atoms with Crippen molar-refractivity contribution in [1.82, 2.24) is 4.98 Å². The smallest absolute Gasteiger partial charge is 0.314 e. The van der Waals surface area contributed by atoms with Gasteiger partial charge in [0.1, 0.15) is 16.3 Å². The Balaban J connectivity index is 2.10. The van der Waals surface area contributed by atoms with Crippen LogP contribution in [0.3, 0.4) is 0 Å². The van der Waals surface area contributed by atoms with Gasteiger partial charge in [-0.1, -0.05) is 35.4 Å². The molecule has 1 aliphatic carbocycles. The number of aliphatic carboxylic acids is 1. The topological polar surface area (TPSA) is 59.4 Å². The summed E-state index contributed by atoms with van der Waals surface area (Å²) in [4.78, 5) is 16.3. The molecule has 0 amide bonds. The molecule has 0 aliphatic heterocycles. The number of ether oxygens (including phenoxy) is 1. The molecule has 1 saturated carbocycles. The number of carbonyl (C=O) groups is 1. The summed E-state index contributed by atoms with van der Waals surface area (Å²) >= 11 is 5.94. The van der Waals surface area contributed by atoms with Crippen LogP contribution in [0.25, 0.3) is 0 Å². The van der Waals surface area contributed by atoms with E-state index in [1.807, 2.05) is 31.2 Å². The minimum atomic E-state index is -0.991. The number of methoxy groups -OCH3 is 1. The Morgan fingerprint density at radius 1 is 1.41 bits per heavy atom. The van der Waals surface area contributed by atoms with Crippen molar-refractivity contribution in [2.24, 2.45) is 0 Å². The summed E-state index contributed by atoms with van der Waals surface area (Å²) in [6, 6.07) is 10.9. The zero-order chi connectivity index (χ0) is 15.9. The fourth-order valence-corrected chi connectivity index (χ4v) is 3.23. The quantitative estimate of drug-likeness (QED) is 0.876. The van der Waals surface area contributed by atoms with Crippen LogP contribution < -0.4 is 4.74 Å². The summed E-state index contributed by atoms with van der Waals surface area (Å²) in [5.41, 5.74) is 1.42. The molecule has 22 heavy (non-hydrogen) atoms. The van der Waals surface area contributed by atoms with Crippen LogP contribution in [-0.4, -0.2) is 23.2 Å². The fourth-order valence-electron chi connectivity index (χ4n) is 3.06. The van der Waals surface area contributed by atoms with E-state index in [1.165, 1.54) is 0 Å². The van der Waals surface area contributed by atoms with Crippen molar-refractivity contribution in [3.63, 3.8) is 0 Å². The first-order valence-electron chi connectivity index (χ1n) is 7.00. The normalized spacial score (nSPS) is 23.1. The van der Waals surface area contributed by atoms with Gasteiger partial charge in [0.05, 0.1) is 7.11 Å². The van der Waals surface area contributed by atoms with Gasteiger partial charge in [0.25, 0.3) is 0 Å². The van der Waals surface area contributed by atoms with Crippen LogP contribution >= 0.6 is 11.6 Å². The maximum absolute atomic E-state index is 12.0. The molecule has 1 heterocycles. The third kappa shape index (κ3) is 2.24. The number of hydrogen-bond acceptors (Lipinski definition) is 3. The second-order valence-electron chi connectivity index (χ2n) is 5.62. The second-order valence-corrected chi connectivity index (χ2v) is 6.01. The summed E-state index contributed by atoms with van der Waals surface area (Å²) in [7, 11) is 1.55. The van der Waals surface area contributed by atoms with E-state index in [0.717, 1.165) is 5.56 Å². The first kappa shape index (κ1) is 14.9. The minimum absolute atomic E-state index is 0.195. The van der Waals surface area contributed by atoms with Crippen LogP contribution in [0.4, 0.5) is 0 Å². The van der Waals surface area contributed by atoms with E-state index in [9.17, 15) is 9.90 Å². The van der Waals surface area contributed by atoms with Gasteiger partial charge in [-0.3, -0.25) is 4.79 Å². The Kier molecular flexibility index (Phi) is 3.57. The number of nitrogens with zero attached hydrogens (tertiary/aromatic N) is 1. The van der Waals surface area contributed by atoms with Gasteiger partial charge in [-0.15, -0.1) is 0 Å². The molecule has 1 N–H and O–H groups in total. The zero-order valence-corrected chi connectivity index (χ0v) is 13.1. The Morgan fingerprint density at radius 2 is 2.18 bits per heavy atom. The maximum atomic E-state index is 12.0. The highest BCUT2D eigenvalue weighted by Gasteiger charge is 2.64. The number of hydrogen-bond donors (Lipinski definition) is 1. The van der Waals surface area contributed by atoms with Gasteiger partial charge in [0.2, 0.25) is 0 Å². The Hall–Kier alpha value is -2.07. The van der Waals surface area contributed by atoms with E-state index in [1.54, 1.807) is 19.2 Å². The highest BCUT2D eigenvalue weighted by molar-refractivity contribution is 6.29. The predicted molar refractivity (Wildman–Crippen MR) is 83.6 cm³/mol. The number of rotatable bonds is 4. The number of carboxylic acids is 1. The van der Waals surface area contributed by atoms with Crippen molar-refractivity contribution in [1.29, 1.82) is 0 Å². The monoisotopic (exact) mass is 317 g/mol. The van der Waals surface area contributed by atoms with E-state index >= 15 is 0 Å². The van der Waals surface area contributed by atoms with Gasteiger partial charge < -0.3 is 9.84 Å². The number of aromatic nitrogens is 1. The third-order valence-electron chi connectivity index (χ3n) is 4.27. The molecular weight excluding hydrogens is 302 g/mol. The average Bonchev–Trinajstić information content (AvgIpc) is 3.24. The van der Waals surface area contributed by atoms with Gasteiger partial charge in [0.15, 0.2) is 0 Å². The molecule has 0 spiro atoms. The maximum Gasteiger partial charge on any atom is 0.314 e. The average molecular weight is 318 g/mol. The highest BCUT2D eigenvalue weighted by Crippen LogP contribution is 2.62. The molecule has 4 nitrogen and oxygen atoms in total. The number of carboxylic acid groups (broad SMARTS) is 1. The predicted octanol–water partition coefficient (Wildman–Crippen LogP) is 3.56. The number of halogens is 1. The molecule has 2 atom stereocenters. The van der Waals surface area contributed by atoms with Gasteiger partial charge in [0, 0.05) is 17.2 Å². The Labute approximate surface area is 133 Å². The summed E-state index contributed by atoms with van der Waals surface area (Å²) in [6.45, 7) is 1.94. The van der Waals surface area contributed by atoms with E-state index < -0.39 is 11.4 Å². The molecule has 1 aromatic heterocycles. The summed E-state index contributed by atoms with van der Waals surface area (Å²) < 4.78 is 5.37. The second kappa shape index (κ2) is 5.29. The van der Waals surface area contributed by atoms with Crippen LogP contribution in [0.5, 0.6) is 5.75 Å². The molecule has 1 fully saturated rings. The standard InChI is InChI=1S/C17H16ClNO3/c1-10-6-7-14(22-2)11(8-10)17(16(20)21)9-12(17)13-4-3-5-15(18)19-13/h3-8,12H,9H2,1-2H3,(H,20,21)/t12-,17-/m1/s1. The largest absolute Gasteiger partial charge is 0.496 e. The fraction of sp³-hybridized carbons (Fsp3) is 0.294. The molecule has 1 aliphatic rings. The van der Waals surface area contributed by atoms with Crippen molar-refractivity contribution in [2.45, 2.75) is 24.7 Å². The molecule has 114 valence electrons. The van der Waals surface area contributed by atoms with Crippen LogP contribution in [0, 0.1) is 6.92 Å². The molecule has 2 aromatic rings. The number of aryl methyl sites for hydroxylation is 1. The zero-order valence-electron chi connectivity index (χ0n) is 12.3. The molecule has 3 rings (SSSR count). The first-order valence-corrected chi connectivity index (χ1v) is 7.38. The minimum Gasteiger partial charge on any atom is -0.496 e. The first-order chi connectivity index (χ1) is 10.5. The molecule has 0 saturated heterocycles. The summed E-state index contributed by atoms with van der Waals surface area (Å²) in [6.07, 6.45) is 0.496. The lowest BCUT2D eigenvalue weighted by Gasteiger charge is -2.17. The van der Waals surface area contributed by atoms with E-state index in [2.05, 4.69) is 4.98 Å². The van der Waals surface area contributed by atoms with Crippen LogP contribution in [0.1, 0.15) is 29.2 Å². The van der Waals surface area contributed by atoms with Crippen LogP contribution in [0.15, 0.2) is 36.4 Å². The van der Waals surface area contributed by atoms with Crippen LogP contribution in [0.2, 0.25) is 5.15 Å².